The van der Waals surface area contributed by atoms with Gasteiger partial charge < -0.3 is 0 Å². The summed E-state index contributed by atoms with van der Waals surface area (Å²) in [6.45, 7) is 2.91. The van der Waals surface area contributed by atoms with Gasteiger partial charge in [0.2, 0.25) is 0 Å². The normalized spacial score (nSPS) is 16.8. The molecule has 0 unspecified atom stereocenters. The summed E-state index contributed by atoms with van der Waals surface area (Å²) in [6, 6.07) is 24.9. The number of alkyl halides is 6. The van der Waals surface area contributed by atoms with Gasteiger partial charge in [-0.1, -0.05) is 48.5 Å². The number of aromatic nitrogens is 1. The van der Waals surface area contributed by atoms with E-state index in [2.05, 4.69) is 4.99 Å². The summed E-state index contributed by atoms with van der Waals surface area (Å²) in [5.74, 6) is -17.1. The molecular weight excluding hydrogens is 742 g/mol. The van der Waals surface area contributed by atoms with Crippen LogP contribution in [-0.2, 0) is 0 Å². The molecule has 1 aliphatic carbocycles. The molecule has 13 heteroatoms. The number of amides is 1. The summed E-state index contributed by atoms with van der Waals surface area (Å²) in [7, 11) is 0. The van der Waals surface area contributed by atoms with Gasteiger partial charge in [0, 0.05) is 74.4 Å². The zero-order chi connectivity index (χ0) is 36.7. The first-order chi connectivity index (χ1) is 24.7. The second-order valence-corrected chi connectivity index (χ2v) is 15.6. The smallest absolute Gasteiger partial charge is 0.285 e. The number of nitrogens with zero attached hydrogens (tertiary/aromatic N) is 2. The number of halogens is 7. The lowest BCUT2D eigenvalue weighted by molar-refractivity contribution is -0.254. The van der Waals surface area contributed by atoms with Crippen molar-refractivity contribution in [1.29, 1.82) is 0 Å². The van der Waals surface area contributed by atoms with Gasteiger partial charge in [-0.15, -0.1) is 34.0 Å². The van der Waals surface area contributed by atoms with Crippen molar-refractivity contribution in [2.75, 3.05) is 0 Å². The Hall–Kier alpha value is -4.85. The molecule has 1 aliphatic rings. The number of hydrogen-bond donors (Lipinski definition) is 0. The molecule has 0 spiro atoms. The molecule has 0 radical (unpaired) electrons. The molecule has 3 heterocycles. The fraction of sp³-hybridized carbons (Fsp3) is 0.128. The largest absolute Gasteiger partial charge is 0.380 e. The molecule has 3 aromatic heterocycles. The summed E-state index contributed by atoms with van der Waals surface area (Å²) in [5.41, 5.74) is -1.57. The maximum atomic E-state index is 16.0. The van der Waals surface area contributed by atoms with Crippen molar-refractivity contribution in [3.8, 4) is 16.9 Å². The highest BCUT2D eigenvalue weighted by Gasteiger charge is 2.80. The fourth-order valence-electron chi connectivity index (χ4n) is 6.72. The maximum Gasteiger partial charge on any atom is 0.380 e. The third-order valence-electron chi connectivity index (χ3n) is 9.11. The second kappa shape index (κ2) is 12.1. The van der Waals surface area contributed by atoms with Crippen LogP contribution in [0.1, 0.15) is 31.2 Å². The molecule has 0 saturated heterocycles. The molecule has 52 heavy (non-hydrogen) atoms. The number of thiazole rings is 1. The third-order valence-corrected chi connectivity index (χ3v) is 12.1. The lowest BCUT2D eigenvalue weighted by Crippen LogP contribution is -2.48. The average molecular weight is 765 g/mol. The first-order valence-corrected chi connectivity index (χ1v) is 18.3. The molecule has 262 valence electrons. The summed E-state index contributed by atoms with van der Waals surface area (Å²) >= 11 is 3.23. The van der Waals surface area contributed by atoms with E-state index in [4.69, 9.17) is 0 Å². The van der Waals surface area contributed by atoms with Crippen LogP contribution in [0.25, 0.3) is 48.3 Å². The third kappa shape index (κ3) is 5.04. The second-order valence-electron chi connectivity index (χ2n) is 12.2. The molecule has 3 nitrogen and oxygen atoms in total. The zero-order valence-corrected chi connectivity index (χ0v) is 29.4. The number of carbonyl (C=O) groups excluding carboxylic acids is 1. The Labute approximate surface area is 303 Å². The Morgan fingerprint density at radius 1 is 0.692 bits per heavy atom. The van der Waals surface area contributed by atoms with Crippen LogP contribution in [0, 0.1) is 19.7 Å². The van der Waals surface area contributed by atoms with Gasteiger partial charge in [-0.3, -0.25) is 9.36 Å². The number of rotatable bonds is 5. The molecular formula is C39H23F7N2OS3. The highest BCUT2D eigenvalue weighted by Crippen LogP contribution is 2.67. The monoisotopic (exact) mass is 764 g/mol. The van der Waals surface area contributed by atoms with E-state index < -0.39 is 40.6 Å². The van der Waals surface area contributed by atoms with E-state index in [0.29, 0.717) is 31.9 Å². The van der Waals surface area contributed by atoms with Crippen molar-refractivity contribution in [2.45, 2.75) is 31.6 Å². The van der Waals surface area contributed by atoms with Crippen LogP contribution in [0.3, 0.4) is 0 Å². The SMILES string of the molecule is Cc1sc2ccccc2c1C1=C(c2c(C)sc3cc(-c4csc(=NC(=O)c5ccccc5)n4-c4ccc(F)cc4)ccc23)C(F)(F)C(F)(F)C1(F)F. The summed E-state index contributed by atoms with van der Waals surface area (Å²) in [6.07, 6.45) is 0. The van der Waals surface area contributed by atoms with Gasteiger partial charge in [0.15, 0.2) is 4.80 Å². The van der Waals surface area contributed by atoms with Crippen molar-refractivity contribution in [2.24, 2.45) is 4.99 Å². The topological polar surface area (TPSA) is 34.4 Å². The number of carbonyl (C=O) groups is 1. The van der Waals surface area contributed by atoms with Gasteiger partial charge >= 0.3 is 17.8 Å². The Morgan fingerprint density at radius 2 is 1.27 bits per heavy atom. The van der Waals surface area contributed by atoms with Crippen molar-refractivity contribution in [3.05, 3.63) is 140 Å². The van der Waals surface area contributed by atoms with Gasteiger partial charge in [-0.25, -0.2) is 4.39 Å². The van der Waals surface area contributed by atoms with Crippen LogP contribution >= 0.6 is 34.0 Å². The minimum Gasteiger partial charge on any atom is -0.285 e. The molecule has 1 amide bonds. The Kier molecular flexibility index (Phi) is 7.97. The van der Waals surface area contributed by atoms with Gasteiger partial charge in [0.05, 0.1) is 5.69 Å². The Balaban J connectivity index is 1.35. The van der Waals surface area contributed by atoms with Gasteiger partial charge in [-0.05, 0) is 62.4 Å². The van der Waals surface area contributed by atoms with E-state index in [-0.39, 0.29) is 36.5 Å². The van der Waals surface area contributed by atoms with Crippen LogP contribution in [0.4, 0.5) is 30.7 Å². The fourth-order valence-corrected chi connectivity index (χ4v) is 9.80. The Morgan fingerprint density at radius 3 is 1.92 bits per heavy atom. The number of aryl methyl sites for hydroxylation is 2. The first-order valence-electron chi connectivity index (χ1n) is 15.7. The van der Waals surface area contributed by atoms with E-state index in [1.807, 2.05) is 0 Å². The highest BCUT2D eigenvalue weighted by atomic mass is 32.1. The number of benzene rings is 4. The highest BCUT2D eigenvalue weighted by molar-refractivity contribution is 7.19. The molecule has 7 aromatic rings. The van der Waals surface area contributed by atoms with E-state index in [1.165, 1.54) is 50.2 Å². The van der Waals surface area contributed by atoms with E-state index in [1.54, 1.807) is 70.6 Å². The quantitative estimate of drug-likeness (QED) is 0.161. The van der Waals surface area contributed by atoms with Crippen molar-refractivity contribution in [1.82, 2.24) is 4.57 Å². The lowest BCUT2D eigenvalue weighted by Gasteiger charge is -2.26. The maximum absolute atomic E-state index is 16.0. The van der Waals surface area contributed by atoms with E-state index in [9.17, 15) is 9.18 Å². The van der Waals surface area contributed by atoms with Crippen molar-refractivity contribution >= 4 is 71.2 Å². The molecule has 0 aliphatic heterocycles. The minimum absolute atomic E-state index is 0.108. The summed E-state index contributed by atoms with van der Waals surface area (Å²) < 4.78 is 111. The van der Waals surface area contributed by atoms with Gasteiger partial charge in [-0.2, -0.15) is 31.3 Å². The zero-order valence-electron chi connectivity index (χ0n) is 27.0. The molecule has 0 N–H and O–H groups in total. The number of fused-ring (bicyclic) bond motifs is 2. The Bertz CT molecular complexity index is 2670. The van der Waals surface area contributed by atoms with E-state index >= 15 is 26.3 Å². The predicted octanol–water partition coefficient (Wildman–Crippen LogP) is 12.0. The number of allylic oxidation sites excluding steroid dienone is 2. The molecule has 4 aromatic carbocycles. The first kappa shape index (κ1) is 34.2. The summed E-state index contributed by atoms with van der Waals surface area (Å²) in [4.78, 5) is 18.1. The van der Waals surface area contributed by atoms with Crippen LogP contribution in [-0.4, -0.2) is 28.2 Å². The van der Waals surface area contributed by atoms with Crippen molar-refractivity contribution in [3.63, 3.8) is 0 Å². The number of hydrogen-bond acceptors (Lipinski definition) is 4. The van der Waals surface area contributed by atoms with Gasteiger partial charge in [0.25, 0.3) is 5.91 Å². The summed E-state index contributed by atoms with van der Waals surface area (Å²) in [5, 5.41) is 2.03. The van der Waals surface area contributed by atoms with Crippen LogP contribution < -0.4 is 4.80 Å². The lowest BCUT2D eigenvalue weighted by atomic mass is 9.91. The molecule has 0 fully saturated rings. The minimum atomic E-state index is -5.70. The van der Waals surface area contributed by atoms with Crippen LogP contribution in [0.15, 0.2) is 107 Å². The molecule has 0 atom stereocenters. The number of thiophene rings is 2. The average Bonchev–Trinajstić information content (AvgIpc) is 3.80. The van der Waals surface area contributed by atoms with E-state index in [0.717, 1.165) is 34.0 Å². The molecule has 8 rings (SSSR count). The molecule has 0 bridgehead atoms. The standard InChI is InChI=1S/C39H23F7N2OS3/c1-20-31(26-10-6-7-11-29(26)51-20)33-34(38(43,44)39(45,46)37(33,41)42)32-21(2)52-30-18-23(12-17-27(30)32)28-19-50-36(47-35(49)22-8-4-3-5-9-22)48(28)25-15-13-24(40)14-16-25/h3-19H,1-2H3. The predicted molar refractivity (Wildman–Crippen MR) is 194 cm³/mol. The van der Waals surface area contributed by atoms with Crippen molar-refractivity contribution < 1.29 is 35.5 Å². The van der Waals surface area contributed by atoms with Gasteiger partial charge in [0.1, 0.15) is 5.82 Å². The van der Waals surface area contributed by atoms with Crippen LogP contribution in [0.2, 0.25) is 0 Å². The van der Waals surface area contributed by atoms with Crippen LogP contribution in [0.5, 0.6) is 0 Å². The molecule has 0 saturated carbocycles.